The summed E-state index contributed by atoms with van der Waals surface area (Å²) in [6.45, 7) is 12.5. The van der Waals surface area contributed by atoms with Crippen LogP contribution in [-0.2, 0) is 0 Å². The van der Waals surface area contributed by atoms with Gasteiger partial charge in [-0.2, -0.15) is 0 Å². The summed E-state index contributed by atoms with van der Waals surface area (Å²) >= 11 is 1.48. The minimum absolute atomic E-state index is 0.0561. The van der Waals surface area contributed by atoms with Gasteiger partial charge in [-0.3, -0.25) is 10.2 Å². The van der Waals surface area contributed by atoms with Crippen molar-refractivity contribution >= 4 is 22.5 Å². The van der Waals surface area contributed by atoms with E-state index in [4.69, 9.17) is 9.72 Å². The summed E-state index contributed by atoms with van der Waals surface area (Å²) in [4.78, 5) is 22.4. The van der Waals surface area contributed by atoms with Gasteiger partial charge in [0.05, 0.1) is 12.8 Å². The second-order valence-corrected chi connectivity index (χ2v) is 13.6. The molecule has 2 aliphatic heterocycles. The van der Waals surface area contributed by atoms with Gasteiger partial charge in [-0.1, -0.05) is 25.3 Å². The van der Waals surface area contributed by atoms with E-state index in [1.807, 2.05) is 10.3 Å². The van der Waals surface area contributed by atoms with Crippen LogP contribution in [0.15, 0.2) is 23.6 Å². The van der Waals surface area contributed by atoms with Crippen LogP contribution < -0.4 is 15.4 Å². The number of nitrogens with one attached hydrogen (secondary N) is 2. The molecule has 2 amide bonds. The Bertz CT molecular complexity index is 1100. The fraction of sp³-hybridized carbons (Fsp3) is 0.667. The van der Waals surface area contributed by atoms with Crippen molar-refractivity contribution in [2.24, 2.45) is 0 Å². The molecule has 3 fully saturated rings. The topological polar surface area (TPSA) is 69.7 Å². The molecule has 8 heteroatoms. The van der Waals surface area contributed by atoms with Crippen molar-refractivity contribution in [1.29, 1.82) is 0 Å². The molecule has 208 valence electrons. The van der Waals surface area contributed by atoms with Gasteiger partial charge < -0.3 is 15.0 Å². The zero-order valence-corrected chi connectivity index (χ0v) is 24.6. The molecule has 3 heterocycles. The molecule has 7 nitrogen and oxygen atoms in total. The smallest absolute Gasteiger partial charge is 0.323 e. The van der Waals surface area contributed by atoms with Crippen molar-refractivity contribution < 1.29 is 9.53 Å². The summed E-state index contributed by atoms with van der Waals surface area (Å²) in [6, 6.07) is 7.02. The number of thiazole rings is 1. The van der Waals surface area contributed by atoms with Crippen molar-refractivity contribution in [3.8, 4) is 17.0 Å². The summed E-state index contributed by atoms with van der Waals surface area (Å²) in [5.74, 6) is 1.44. The molecule has 2 saturated heterocycles. The number of carbonyl (C=O) groups is 1. The van der Waals surface area contributed by atoms with Crippen molar-refractivity contribution in [2.75, 3.05) is 38.6 Å². The third-order valence-corrected chi connectivity index (χ3v) is 9.34. The van der Waals surface area contributed by atoms with Crippen LogP contribution in [-0.4, -0.2) is 71.2 Å². The number of hydrogen-bond acceptors (Lipinski definition) is 6. The number of piperazine rings is 1. The van der Waals surface area contributed by atoms with Gasteiger partial charge >= 0.3 is 6.03 Å². The molecular weight excluding hydrogens is 494 g/mol. The van der Waals surface area contributed by atoms with E-state index in [0.29, 0.717) is 17.1 Å². The molecule has 1 aromatic carbocycles. The molecule has 0 unspecified atom stereocenters. The van der Waals surface area contributed by atoms with Crippen LogP contribution in [0.5, 0.6) is 5.75 Å². The number of urea groups is 1. The molecule has 1 saturated carbocycles. The third kappa shape index (κ3) is 6.35. The predicted molar refractivity (Wildman–Crippen MR) is 156 cm³/mol. The lowest BCUT2D eigenvalue weighted by Crippen LogP contribution is -2.64. The number of anilines is 1. The molecule has 0 bridgehead atoms. The Labute approximate surface area is 232 Å². The van der Waals surface area contributed by atoms with E-state index in [1.54, 1.807) is 7.11 Å². The average Bonchev–Trinajstić information content (AvgIpc) is 3.35. The van der Waals surface area contributed by atoms with Crippen molar-refractivity contribution in [3.05, 3.63) is 29.1 Å². The first-order valence-electron chi connectivity index (χ1n) is 14.4. The number of rotatable bonds is 5. The Hall–Kier alpha value is -2.16. The summed E-state index contributed by atoms with van der Waals surface area (Å²) in [5, 5.41) is 9.51. The van der Waals surface area contributed by atoms with E-state index in [2.05, 4.69) is 61.4 Å². The third-order valence-electron chi connectivity index (χ3n) is 8.58. The highest BCUT2D eigenvalue weighted by Gasteiger charge is 2.40. The molecule has 0 atom stereocenters. The average molecular weight is 540 g/mol. The minimum atomic E-state index is -0.0561. The van der Waals surface area contributed by atoms with Gasteiger partial charge in [0.1, 0.15) is 5.75 Å². The first-order valence-corrected chi connectivity index (χ1v) is 15.2. The number of amides is 2. The maximum Gasteiger partial charge on any atom is 0.323 e. The van der Waals surface area contributed by atoms with Gasteiger partial charge in [0.15, 0.2) is 5.13 Å². The number of aromatic nitrogens is 1. The first-order chi connectivity index (χ1) is 18.1. The summed E-state index contributed by atoms with van der Waals surface area (Å²) in [7, 11) is 1.71. The van der Waals surface area contributed by atoms with Gasteiger partial charge in [-0.25, -0.2) is 9.78 Å². The second-order valence-electron chi connectivity index (χ2n) is 12.7. The highest BCUT2D eigenvalue weighted by Crippen LogP contribution is 2.39. The lowest BCUT2D eigenvalue weighted by atomic mass is 9.79. The van der Waals surface area contributed by atoms with Crippen LogP contribution >= 0.6 is 11.3 Å². The molecule has 38 heavy (non-hydrogen) atoms. The Balaban J connectivity index is 1.20. The van der Waals surface area contributed by atoms with Crippen molar-refractivity contribution in [1.82, 2.24) is 20.1 Å². The lowest BCUT2D eigenvalue weighted by Gasteiger charge is -2.51. The van der Waals surface area contributed by atoms with Gasteiger partial charge in [-0.15, -0.1) is 11.3 Å². The van der Waals surface area contributed by atoms with E-state index in [0.717, 1.165) is 56.0 Å². The summed E-state index contributed by atoms with van der Waals surface area (Å²) in [6.07, 6.45) is 8.74. The molecule has 0 radical (unpaired) electrons. The maximum atomic E-state index is 13.1. The molecular formula is C30H45N5O2S. The quantitative estimate of drug-likeness (QED) is 0.465. The summed E-state index contributed by atoms with van der Waals surface area (Å²) < 4.78 is 5.67. The minimum Gasteiger partial charge on any atom is -0.496 e. The van der Waals surface area contributed by atoms with Crippen LogP contribution in [0.3, 0.4) is 0 Å². The number of carbonyl (C=O) groups excluding carboxylic acids is 1. The molecule has 5 rings (SSSR count). The number of hydrogen-bond donors (Lipinski definition) is 2. The Morgan fingerprint density at radius 3 is 2.39 bits per heavy atom. The normalized spacial score (nSPS) is 22.8. The van der Waals surface area contributed by atoms with E-state index in [1.165, 1.54) is 49.0 Å². The van der Waals surface area contributed by atoms with Crippen molar-refractivity contribution in [2.45, 2.75) is 95.7 Å². The highest BCUT2D eigenvalue weighted by atomic mass is 32.1. The number of piperidine rings is 1. The zero-order chi connectivity index (χ0) is 26.9. The van der Waals surface area contributed by atoms with Gasteiger partial charge in [-0.05, 0) is 77.0 Å². The number of nitrogens with zero attached hydrogens (tertiary/aromatic N) is 3. The number of methoxy groups -OCH3 is 1. The van der Waals surface area contributed by atoms with E-state index >= 15 is 0 Å². The van der Waals surface area contributed by atoms with E-state index in [9.17, 15) is 4.79 Å². The van der Waals surface area contributed by atoms with Crippen LogP contribution in [0.2, 0.25) is 0 Å². The van der Waals surface area contributed by atoms with Crippen LogP contribution in [0, 0.1) is 0 Å². The monoisotopic (exact) mass is 539 g/mol. The lowest BCUT2D eigenvalue weighted by molar-refractivity contribution is 0.0408. The van der Waals surface area contributed by atoms with E-state index in [-0.39, 0.29) is 17.1 Å². The summed E-state index contributed by atoms with van der Waals surface area (Å²) in [5.41, 5.74) is 3.50. The second kappa shape index (κ2) is 11.1. The molecule has 2 aromatic rings. The largest absolute Gasteiger partial charge is 0.496 e. The Morgan fingerprint density at radius 2 is 1.74 bits per heavy atom. The molecule has 3 aliphatic rings. The molecule has 1 aliphatic carbocycles. The van der Waals surface area contributed by atoms with Crippen LogP contribution in [0.25, 0.3) is 11.3 Å². The first kappa shape index (κ1) is 27.4. The van der Waals surface area contributed by atoms with Gasteiger partial charge in [0, 0.05) is 54.2 Å². The van der Waals surface area contributed by atoms with Crippen molar-refractivity contribution in [3.63, 3.8) is 0 Å². The Kier molecular flexibility index (Phi) is 8.04. The zero-order valence-electron chi connectivity index (χ0n) is 23.8. The highest BCUT2D eigenvalue weighted by molar-refractivity contribution is 7.14. The Morgan fingerprint density at radius 1 is 1.05 bits per heavy atom. The number of benzene rings is 1. The molecule has 1 aromatic heterocycles. The van der Waals surface area contributed by atoms with Crippen LogP contribution in [0.1, 0.15) is 84.1 Å². The SMILES string of the molecule is COc1ccc(C2CCCCC2)cc1-c1csc(NC(=O)N2CCN(C3CC(C)(C)NC(C)(C)C3)CC2)n1. The van der Waals surface area contributed by atoms with E-state index < -0.39 is 0 Å². The fourth-order valence-electron chi connectivity index (χ4n) is 7.06. The standard InChI is InChI=1S/C30H45N5O2S/c1-29(2)18-23(19-30(3,4)33-29)34-13-15-35(16-14-34)28(36)32-27-31-25(20-38-27)24-17-22(11-12-26(24)37-5)21-9-7-6-8-10-21/h11-12,17,20-21,23,33H,6-10,13-16,18-19H2,1-5H3,(H,31,32,36). The molecule has 0 spiro atoms. The number of ether oxygens (including phenoxy) is 1. The predicted octanol–water partition coefficient (Wildman–Crippen LogP) is 6.33. The maximum absolute atomic E-state index is 13.1. The van der Waals surface area contributed by atoms with Gasteiger partial charge in [0.2, 0.25) is 0 Å². The fourth-order valence-corrected chi connectivity index (χ4v) is 7.76. The molecule has 2 N–H and O–H groups in total. The van der Waals surface area contributed by atoms with Crippen LogP contribution in [0.4, 0.5) is 9.93 Å². The van der Waals surface area contributed by atoms with Gasteiger partial charge in [0.25, 0.3) is 0 Å².